The minimum Gasteiger partial charge on any atom is -0.342 e. The zero-order chi connectivity index (χ0) is 16.7. The smallest absolute Gasteiger partial charge is 0.315 e. The molecule has 1 fully saturated rings. The molecule has 0 aliphatic carbocycles. The number of hydrogen-bond donors (Lipinski definition) is 2. The summed E-state index contributed by atoms with van der Waals surface area (Å²) in [6.07, 6.45) is 3.02. The number of amides is 3. The largest absolute Gasteiger partial charge is 0.342 e. The summed E-state index contributed by atoms with van der Waals surface area (Å²) < 4.78 is 0. The minimum absolute atomic E-state index is 0.101. The van der Waals surface area contributed by atoms with Gasteiger partial charge in [0.2, 0.25) is 5.91 Å². The van der Waals surface area contributed by atoms with Crippen molar-refractivity contribution in [1.82, 2.24) is 15.5 Å². The van der Waals surface area contributed by atoms with E-state index >= 15 is 0 Å². The Morgan fingerprint density at radius 3 is 2.43 bits per heavy atom. The number of likely N-dealkylation sites (tertiary alicyclic amines) is 1. The number of urea groups is 1. The maximum Gasteiger partial charge on any atom is 0.315 e. The zero-order valence-corrected chi connectivity index (χ0v) is 14.1. The van der Waals surface area contributed by atoms with E-state index < -0.39 is 0 Å². The molecule has 1 aromatic rings. The zero-order valence-electron chi connectivity index (χ0n) is 14.1. The summed E-state index contributed by atoms with van der Waals surface area (Å²) in [5.74, 6) is 0.169. The van der Waals surface area contributed by atoms with Crippen molar-refractivity contribution in [2.24, 2.45) is 0 Å². The van der Waals surface area contributed by atoms with Gasteiger partial charge in [0.1, 0.15) is 0 Å². The molecule has 2 rings (SSSR count). The minimum atomic E-state index is -0.101. The van der Waals surface area contributed by atoms with E-state index in [1.54, 1.807) is 0 Å². The number of piperidine rings is 1. The highest BCUT2D eigenvalue weighted by Crippen LogP contribution is 2.13. The first-order chi connectivity index (χ1) is 11.1. The highest BCUT2D eigenvalue weighted by Gasteiger charge is 2.23. The molecule has 5 nitrogen and oxygen atoms in total. The Labute approximate surface area is 138 Å². The molecule has 5 heteroatoms. The number of hydrogen-bond acceptors (Lipinski definition) is 2. The van der Waals surface area contributed by atoms with Crippen LogP contribution in [0.15, 0.2) is 24.3 Å². The molecule has 0 bridgehead atoms. The van der Waals surface area contributed by atoms with Crippen LogP contribution in [0.1, 0.15) is 37.3 Å². The van der Waals surface area contributed by atoms with Crippen molar-refractivity contribution in [3.05, 3.63) is 35.4 Å². The molecule has 1 heterocycles. The Hall–Kier alpha value is -2.04. The Kier molecular flexibility index (Phi) is 6.44. The first kappa shape index (κ1) is 17.3. The van der Waals surface area contributed by atoms with Gasteiger partial charge in [-0.05, 0) is 31.7 Å². The summed E-state index contributed by atoms with van der Waals surface area (Å²) in [4.78, 5) is 25.9. The van der Waals surface area contributed by atoms with Crippen molar-refractivity contribution in [2.45, 2.75) is 45.6 Å². The first-order valence-electron chi connectivity index (χ1n) is 8.46. The van der Waals surface area contributed by atoms with Crippen molar-refractivity contribution in [3.63, 3.8) is 0 Å². The van der Waals surface area contributed by atoms with Gasteiger partial charge in [0.15, 0.2) is 0 Å². The first-order valence-corrected chi connectivity index (χ1v) is 8.46. The van der Waals surface area contributed by atoms with Crippen LogP contribution in [-0.2, 0) is 11.2 Å². The standard InChI is InChI=1S/C18H27N3O2/c1-3-10-19-18(23)20-16-8-11-21(12-9-16)17(22)13-15-6-4-14(2)5-7-15/h4-7,16H,3,8-13H2,1-2H3,(H2,19,20,23). The number of carbonyl (C=O) groups is 2. The second-order valence-electron chi connectivity index (χ2n) is 6.22. The van der Waals surface area contributed by atoms with Crippen LogP contribution in [0.5, 0.6) is 0 Å². The van der Waals surface area contributed by atoms with Crippen molar-refractivity contribution in [3.8, 4) is 0 Å². The van der Waals surface area contributed by atoms with Crippen LogP contribution in [0, 0.1) is 6.92 Å². The molecule has 0 spiro atoms. The van der Waals surface area contributed by atoms with Gasteiger partial charge < -0.3 is 15.5 Å². The molecule has 126 valence electrons. The van der Waals surface area contributed by atoms with E-state index in [-0.39, 0.29) is 18.0 Å². The lowest BCUT2D eigenvalue weighted by Crippen LogP contribution is -2.49. The van der Waals surface area contributed by atoms with E-state index in [9.17, 15) is 9.59 Å². The normalized spacial score (nSPS) is 15.3. The third-order valence-corrected chi connectivity index (χ3v) is 4.19. The molecular formula is C18H27N3O2. The Morgan fingerprint density at radius 2 is 1.83 bits per heavy atom. The Morgan fingerprint density at radius 1 is 1.17 bits per heavy atom. The molecule has 23 heavy (non-hydrogen) atoms. The van der Waals surface area contributed by atoms with E-state index in [1.807, 2.05) is 43.0 Å². The van der Waals surface area contributed by atoms with Gasteiger partial charge in [-0.25, -0.2) is 4.79 Å². The molecule has 0 aromatic heterocycles. The molecule has 1 aliphatic rings. The van der Waals surface area contributed by atoms with Gasteiger partial charge in [0.25, 0.3) is 0 Å². The van der Waals surface area contributed by atoms with Crippen LogP contribution in [-0.4, -0.2) is 42.5 Å². The Bertz CT molecular complexity index is 520. The monoisotopic (exact) mass is 317 g/mol. The van der Waals surface area contributed by atoms with Crippen LogP contribution in [0.2, 0.25) is 0 Å². The van der Waals surface area contributed by atoms with E-state index in [0.29, 0.717) is 26.1 Å². The number of aryl methyl sites for hydroxylation is 1. The summed E-state index contributed by atoms with van der Waals surface area (Å²) in [5, 5.41) is 5.80. The van der Waals surface area contributed by atoms with Gasteiger partial charge >= 0.3 is 6.03 Å². The molecule has 0 atom stereocenters. The summed E-state index contributed by atoms with van der Waals surface area (Å²) in [6, 6.07) is 8.16. The van der Waals surface area contributed by atoms with Gasteiger partial charge in [0, 0.05) is 25.7 Å². The van der Waals surface area contributed by atoms with Gasteiger partial charge in [0.05, 0.1) is 6.42 Å². The molecule has 0 radical (unpaired) electrons. The van der Waals surface area contributed by atoms with E-state index in [2.05, 4.69) is 10.6 Å². The molecule has 0 saturated carbocycles. The quantitative estimate of drug-likeness (QED) is 0.875. The number of carbonyl (C=O) groups excluding carboxylic acids is 2. The topological polar surface area (TPSA) is 61.4 Å². The summed E-state index contributed by atoms with van der Waals surface area (Å²) in [6.45, 7) is 6.19. The van der Waals surface area contributed by atoms with Crippen molar-refractivity contribution >= 4 is 11.9 Å². The lowest BCUT2D eigenvalue weighted by atomic mass is 10.0. The Balaban J connectivity index is 1.74. The predicted octanol–water partition coefficient (Wildman–Crippen LogP) is 2.24. The van der Waals surface area contributed by atoms with Crippen LogP contribution in [0.4, 0.5) is 4.79 Å². The van der Waals surface area contributed by atoms with Gasteiger partial charge in [-0.1, -0.05) is 36.8 Å². The fourth-order valence-corrected chi connectivity index (χ4v) is 2.74. The third kappa shape index (κ3) is 5.58. The third-order valence-electron chi connectivity index (χ3n) is 4.19. The molecule has 2 N–H and O–H groups in total. The van der Waals surface area contributed by atoms with Crippen molar-refractivity contribution < 1.29 is 9.59 Å². The second kappa shape index (κ2) is 8.56. The van der Waals surface area contributed by atoms with Crippen LogP contribution in [0.25, 0.3) is 0 Å². The fourth-order valence-electron chi connectivity index (χ4n) is 2.74. The SMILES string of the molecule is CCCNC(=O)NC1CCN(C(=O)Cc2ccc(C)cc2)CC1. The number of nitrogens with zero attached hydrogens (tertiary/aromatic N) is 1. The summed E-state index contributed by atoms with van der Waals surface area (Å²) >= 11 is 0. The molecule has 1 aromatic carbocycles. The van der Waals surface area contributed by atoms with Gasteiger partial charge in [-0.15, -0.1) is 0 Å². The lowest BCUT2D eigenvalue weighted by molar-refractivity contribution is -0.131. The maximum absolute atomic E-state index is 12.3. The molecular weight excluding hydrogens is 290 g/mol. The summed E-state index contributed by atoms with van der Waals surface area (Å²) in [5.41, 5.74) is 2.26. The predicted molar refractivity (Wildman–Crippen MR) is 91.3 cm³/mol. The maximum atomic E-state index is 12.3. The summed E-state index contributed by atoms with van der Waals surface area (Å²) in [7, 11) is 0. The number of rotatable bonds is 5. The van der Waals surface area contributed by atoms with E-state index in [4.69, 9.17) is 0 Å². The lowest BCUT2D eigenvalue weighted by Gasteiger charge is -2.32. The van der Waals surface area contributed by atoms with Crippen LogP contribution < -0.4 is 10.6 Å². The average molecular weight is 317 g/mol. The molecule has 1 saturated heterocycles. The van der Waals surface area contributed by atoms with E-state index in [0.717, 1.165) is 24.8 Å². The van der Waals surface area contributed by atoms with E-state index in [1.165, 1.54) is 5.56 Å². The molecule has 0 unspecified atom stereocenters. The molecule has 3 amide bonds. The van der Waals surface area contributed by atoms with Crippen molar-refractivity contribution in [1.29, 1.82) is 0 Å². The average Bonchev–Trinajstić information content (AvgIpc) is 2.55. The van der Waals surface area contributed by atoms with Crippen molar-refractivity contribution in [2.75, 3.05) is 19.6 Å². The van der Waals surface area contributed by atoms with Gasteiger partial charge in [-0.2, -0.15) is 0 Å². The highest BCUT2D eigenvalue weighted by molar-refractivity contribution is 5.79. The fraction of sp³-hybridized carbons (Fsp3) is 0.556. The second-order valence-corrected chi connectivity index (χ2v) is 6.22. The van der Waals surface area contributed by atoms with Crippen LogP contribution in [0.3, 0.4) is 0 Å². The highest BCUT2D eigenvalue weighted by atomic mass is 16.2. The van der Waals surface area contributed by atoms with Crippen LogP contribution >= 0.6 is 0 Å². The molecule has 1 aliphatic heterocycles. The number of benzene rings is 1. The number of nitrogens with one attached hydrogen (secondary N) is 2. The van der Waals surface area contributed by atoms with Gasteiger partial charge in [-0.3, -0.25) is 4.79 Å².